The van der Waals surface area contributed by atoms with Gasteiger partial charge < -0.3 is 9.47 Å². The minimum absolute atomic E-state index is 0.234. The zero-order valence-electron chi connectivity index (χ0n) is 17.9. The summed E-state index contributed by atoms with van der Waals surface area (Å²) in [6, 6.07) is 22.6. The lowest BCUT2D eigenvalue weighted by Crippen LogP contribution is -2.06. The van der Waals surface area contributed by atoms with Crippen molar-refractivity contribution in [1.29, 1.82) is 0 Å². The first-order valence-electron chi connectivity index (χ1n) is 10.3. The Morgan fingerprint density at radius 2 is 1.39 bits per heavy atom. The van der Waals surface area contributed by atoms with E-state index in [1.807, 2.05) is 59.3 Å². The molecule has 5 heteroatoms. The van der Waals surface area contributed by atoms with Gasteiger partial charge in [0.25, 0.3) is 0 Å². The van der Waals surface area contributed by atoms with Crippen molar-refractivity contribution in [2.75, 3.05) is 14.2 Å². The van der Waals surface area contributed by atoms with Crippen LogP contribution in [0.1, 0.15) is 18.1 Å². The van der Waals surface area contributed by atoms with Crippen LogP contribution in [0.2, 0.25) is 0 Å². The van der Waals surface area contributed by atoms with Gasteiger partial charge in [-0.1, -0.05) is 25.1 Å². The third kappa shape index (κ3) is 4.17. The highest BCUT2D eigenvalue weighted by Crippen LogP contribution is 2.35. The van der Waals surface area contributed by atoms with Crippen molar-refractivity contribution in [2.45, 2.75) is 19.9 Å². The van der Waals surface area contributed by atoms with Crippen molar-refractivity contribution in [1.82, 2.24) is 9.78 Å². The molecule has 0 unspecified atom stereocenters. The molecule has 0 bridgehead atoms. The van der Waals surface area contributed by atoms with Gasteiger partial charge in [-0.2, -0.15) is 5.10 Å². The van der Waals surface area contributed by atoms with E-state index in [4.69, 9.17) is 14.6 Å². The number of methoxy groups -OCH3 is 2. The Morgan fingerprint density at radius 3 is 1.94 bits per heavy atom. The number of aromatic nitrogens is 2. The third-order valence-electron chi connectivity index (χ3n) is 5.41. The van der Waals surface area contributed by atoms with Crippen molar-refractivity contribution in [2.24, 2.45) is 0 Å². The van der Waals surface area contributed by atoms with E-state index >= 15 is 0 Å². The van der Waals surface area contributed by atoms with Gasteiger partial charge in [0, 0.05) is 22.3 Å². The molecule has 0 radical (unpaired) electrons. The van der Waals surface area contributed by atoms with Gasteiger partial charge in [-0.15, -0.1) is 0 Å². The van der Waals surface area contributed by atoms with Gasteiger partial charge in [0.05, 0.1) is 32.2 Å². The fourth-order valence-corrected chi connectivity index (χ4v) is 3.79. The van der Waals surface area contributed by atoms with E-state index in [1.165, 1.54) is 6.07 Å². The van der Waals surface area contributed by atoms with Gasteiger partial charge in [-0.25, -0.2) is 4.39 Å². The number of halogens is 1. The average Bonchev–Trinajstić information content (AvgIpc) is 3.18. The van der Waals surface area contributed by atoms with Crippen LogP contribution in [0.4, 0.5) is 4.39 Å². The molecule has 0 saturated heterocycles. The minimum atomic E-state index is -0.234. The minimum Gasteiger partial charge on any atom is -0.497 e. The molecule has 0 aliphatic heterocycles. The quantitative estimate of drug-likeness (QED) is 0.372. The van der Waals surface area contributed by atoms with Crippen molar-refractivity contribution in [3.05, 3.63) is 89.7 Å². The number of ether oxygens (including phenoxy) is 2. The van der Waals surface area contributed by atoms with Crippen LogP contribution >= 0.6 is 0 Å². The van der Waals surface area contributed by atoms with Crippen LogP contribution in [0.3, 0.4) is 0 Å². The molecule has 0 aliphatic carbocycles. The number of rotatable bonds is 7. The van der Waals surface area contributed by atoms with E-state index < -0.39 is 0 Å². The highest BCUT2D eigenvalue weighted by atomic mass is 19.1. The van der Waals surface area contributed by atoms with Crippen LogP contribution in [-0.4, -0.2) is 24.0 Å². The van der Waals surface area contributed by atoms with Gasteiger partial charge in [-0.3, -0.25) is 4.68 Å². The maximum absolute atomic E-state index is 14.4. The van der Waals surface area contributed by atoms with E-state index in [0.29, 0.717) is 12.1 Å². The Morgan fingerprint density at radius 1 is 0.806 bits per heavy atom. The van der Waals surface area contributed by atoms with Gasteiger partial charge in [0.15, 0.2) is 0 Å². The van der Waals surface area contributed by atoms with Gasteiger partial charge >= 0.3 is 0 Å². The van der Waals surface area contributed by atoms with Crippen LogP contribution in [0, 0.1) is 5.82 Å². The summed E-state index contributed by atoms with van der Waals surface area (Å²) in [6.07, 6.45) is 0.792. The zero-order chi connectivity index (χ0) is 21.8. The van der Waals surface area contributed by atoms with E-state index in [0.717, 1.165) is 46.0 Å². The van der Waals surface area contributed by atoms with Gasteiger partial charge in [-0.05, 0) is 61.0 Å². The van der Waals surface area contributed by atoms with Crippen LogP contribution in [-0.2, 0) is 13.0 Å². The molecule has 1 aromatic heterocycles. The molecule has 0 atom stereocenters. The zero-order valence-corrected chi connectivity index (χ0v) is 17.9. The summed E-state index contributed by atoms with van der Waals surface area (Å²) in [5.41, 5.74) is 5.61. The lowest BCUT2D eigenvalue weighted by molar-refractivity contribution is 0.414. The normalized spacial score (nSPS) is 10.8. The molecule has 4 nitrogen and oxygen atoms in total. The predicted octanol–water partition coefficient (Wildman–Crippen LogP) is 5.98. The second kappa shape index (κ2) is 9.04. The van der Waals surface area contributed by atoms with Crippen molar-refractivity contribution in [3.8, 4) is 34.0 Å². The Hall–Kier alpha value is -3.60. The largest absolute Gasteiger partial charge is 0.497 e. The SMILES string of the molecule is CCc1c(-c2ccc(OC)cc2)nn(Cc2ccccc2F)c1-c1ccc(OC)cc1. The summed E-state index contributed by atoms with van der Waals surface area (Å²) < 4.78 is 26.9. The number of nitrogens with zero attached hydrogens (tertiary/aromatic N) is 2. The first-order valence-corrected chi connectivity index (χ1v) is 10.3. The fourth-order valence-electron chi connectivity index (χ4n) is 3.79. The van der Waals surface area contributed by atoms with E-state index in [2.05, 4.69) is 6.92 Å². The fraction of sp³-hybridized carbons (Fsp3) is 0.192. The lowest BCUT2D eigenvalue weighted by Gasteiger charge is -2.11. The number of hydrogen-bond donors (Lipinski definition) is 0. The summed E-state index contributed by atoms with van der Waals surface area (Å²) in [5.74, 6) is 1.35. The van der Waals surface area contributed by atoms with Gasteiger partial charge in [0.2, 0.25) is 0 Å². The molecule has 0 N–H and O–H groups in total. The summed E-state index contributed by atoms with van der Waals surface area (Å²) in [6.45, 7) is 2.46. The van der Waals surface area contributed by atoms with E-state index in [-0.39, 0.29) is 5.82 Å². The molecule has 4 aromatic rings. The van der Waals surface area contributed by atoms with Crippen molar-refractivity contribution < 1.29 is 13.9 Å². The Labute approximate surface area is 181 Å². The van der Waals surface area contributed by atoms with Crippen LogP contribution in [0.5, 0.6) is 11.5 Å². The molecule has 3 aromatic carbocycles. The average molecular weight is 416 g/mol. The topological polar surface area (TPSA) is 36.3 Å². The molecule has 0 amide bonds. The molecule has 1 heterocycles. The lowest BCUT2D eigenvalue weighted by atomic mass is 9.99. The first-order chi connectivity index (χ1) is 15.1. The van der Waals surface area contributed by atoms with Crippen LogP contribution in [0.15, 0.2) is 72.8 Å². The molecule has 0 fully saturated rings. The summed E-state index contributed by atoms with van der Waals surface area (Å²) in [5, 5.41) is 4.94. The summed E-state index contributed by atoms with van der Waals surface area (Å²) in [4.78, 5) is 0. The summed E-state index contributed by atoms with van der Waals surface area (Å²) in [7, 11) is 3.30. The first kappa shape index (κ1) is 20.7. The molecule has 31 heavy (non-hydrogen) atoms. The van der Waals surface area contributed by atoms with E-state index in [1.54, 1.807) is 26.4 Å². The molecule has 0 aliphatic rings. The molecule has 0 spiro atoms. The van der Waals surface area contributed by atoms with Crippen molar-refractivity contribution >= 4 is 0 Å². The predicted molar refractivity (Wildman–Crippen MR) is 121 cm³/mol. The van der Waals surface area contributed by atoms with Crippen LogP contribution in [0.25, 0.3) is 22.5 Å². The summed E-state index contributed by atoms with van der Waals surface area (Å²) >= 11 is 0. The maximum atomic E-state index is 14.4. The molecule has 158 valence electrons. The highest BCUT2D eigenvalue weighted by molar-refractivity contribution is 5.75. The Balaban J connectivity index is 1.88. The number of benzene rings is 3. The van der Waals surface area contributed by atoms with E-state index in [9.17, 15) is 4.39 Å². The Kier molecular flexibility index (Phi) is 6.03. The standard InChI is InChI=1S/C26H25FN2O2/c1-4-23-25(18-9-13-21(30-2)14-10-18)28-29(17-20-7-5-6-8-24(20)27)26(23)19-11-15-22(31-3)16-12-19/h5-16H,4,17H2,1-3H3. The molecular weight excluding hydrogens is 391 g/mol. The Bertz CT molecular complexity index is 1170. The number of hydrogen-bond acceptors (Lipinski definition) is 3. The van der Waals surface area contributed by atoms with Crippen LogP contribution < -0.4 is 9.47 Å². The molecule has 0 saturated carbocycles. The maximum Gasteiger partial charge on any atom is 0.128 e. The second-order valence-electron chi connectivity index (χ2n) is 7.24. The van der Waals surface area contributed by atoms with Crippen molar-refractivity contribution in [3.63, 3.8) is 0 Å². The second-order valence-corrected chi connectivity index (χ2v) is 7.24. The van der Waals surface area contributed by atoms with Gasteiger partial charge in [0.1, 0.15) is 17.3 Å². The molecular formula is C26H25FN2O2. The highest BCUT2D eigenvalue weighted by Gasteiger charge is 2.20. The molecule has 4 rings (SSSR count). The monoisotopic (exact) mass is 416 g/mol. The third-order valence-corrected chi connectivity index (χ3v) is 5.41. The smallest absolute Gasteiger partial charge is 0.128 e.